The minimum absolute atomic E-state index is 0.125. The van der Waals surface area contributed by atoms with Crippen LogP contribution >= 0.6 is 15.9 Å². The summed E-state index contributed by atoms with van der Waals surface area (Å²) in [7, 11) is 0. The topological polar surface area (TPSA) is 42.0 Å². The van der Waals surface area contributed by atoms with Gasteiger partial charge in [-0.2, -0.15) is 0 Å². The van der Waals surface area contributed by atoms with Gasteiger partial charge in [0.25, 0.3) is 5.91 Å². The van der Waals surface area contributed by atoms with Crippen molar-refractivity contribution in [3.8, 4) is 11.3 Å². The lowest BCUT2D eigenvalue weighted by atomic mass is 9.99. The number of hydrogen-bond donors (Lipinski definition) is 1. The Balaban J connectivity index is 1.89. The molecular weight excluding hydrogens is 436 g/mol. The monoisotopic (exact) mass is 458 g/mol. The van der Waals surface area contributed by atoms with Gasteiger partial charge in [-0.05, 0) is 74.7 Å². The van der Waals surface area contributed by atoms with Gasteiger partial charge in [0.1, 0.15) is 0 Å². The van der Waals surface area contributed by atoms with Gasteiger partial charge in [0.05, 0.1) is 16.8 Å². The molecule has 1 aromatic heterocycles. The lowest BCUT2D eigenvalue weighted by Crippen LogP contribution is -2.14. The van der Waals surface area contributed by atoms with Crippen LogP contribution in [0, 0.1) is 27.7 Å². The third-order valence-corrected chi connectivity index (χ3v) is 5.80. The van der Waals surface area contributed by atoms with Crippen molar-refractivity contribution in [3.63, 3.8) is 0 Å². The second-order valence-electron chi connectivity index (χ2n) is 7.81. The van der Waals surface area contributed by atoms with Gasteiger partial charge in [-0.1, -0.05) is 51.8 Å². The van der Waals surface area contributed by atoms with Crippen molar-refractivity contribution in [2.24, 2.45) is 0 Å². The van der Waals surface area contributed by atoms with Crippen LogP contribution in [0.15, 0.2) is 65.1 Å². The predicted octanol–water partition coefficient (Wildman–Crippen LogP) is 7.15. The fourth-order valence-corrected chi connectivity index (χ4v) is 3.96. The molecule has 30 heavy (non-hydrogen) atoms. The Bertz CT molecular complexity index is 1280. The van der Waals surface area contributed by atoms with Crippen molar-refractivity contribution < 1.29 is 4.79 Å². The van der Waals surface area contributed by atoms with Crippen LogP contribution in [-0.4, -0.2) is 10.9 Å². The zero-order chi connectivity index (χ0) is 21.4. The average Bonchev–Trinajstić information content (AvgIpc) is 2.70. The van der Waals surface area contributed by atoms with E-state index in [9.17, 15) is 4.79 Å². The van der Waals surface area contributed by atoms with E-state index < -0.39 is 0 Å². The summed E-state index contributed by atoms with van der Waals surface area (Å²) in [5.41, 5.74) is 8.39. The molecule has 1 amide bonds. The molecule has 0 spiro atoms. The number of hydrogen-bond acceptors (Lipinski definition) is 2. The summed E-state index contributed by atoms with van der Waals surface area (Å²) in [5, 5.41) is 3.98. The Kier molecular flexibility index (Phi) is 5.44. The number of pyridine rings is 1. The molecule has 1 heterocycles. The number of anilines is 1. The highest BCUT2D eigenvalue weighted by molar-refractivity contribution is 9.10. The van der Waals surface area contributed by atoms with Crippen molar-refractivity contribution in [1.82, 2.24) is 4.98 Å². The molecule has 0 fully saturated rings. The molecule has 150 valence electrons. The maximum atomic E-state index is 13.4. The lowest BCUT2D eigenvalue weighted by molar-refractivity contribution is 0.102. The number of fused-ring (bicyclic) bond motifs is 1. The molecule has 3 nitrogen and oxygen atoms in total. The molecule has 0 atom stereocenters. The number of rotatable bonds is 3. The van der Waals surface area contributed by atoms with Crippen LogP contribution in [0.25, 0.3) is 22.2 Å². The van der Waals surface area contributed by atoms with Gasteiger partial charge in [-0.3, -0.25) is 4.79 Å². The fraction of sp³-hybridized carbons (Fsp3) is 0.154. The summed E-state index contributed by atoms with van der Waals surface area (Å²) in [6.07, 6.45) is 0. The van der Waals surface area contributed by atoms with Crippen molar-refractivity contribution >= 4 is 38.4 Å². The van der Waals surface area contributed by atoms with Crippen LogP contribution < -0.4 is 5.32 Å². The molecule has 0 unspecified atom stereocenters. The summed E-state index contributed by atoms with van der Waals surface area (Å²) in [6, 6.07) is 20.1. The molecule has 0 bridgehead atoms. The number of carbonyl (C=O) groups is 1. The minimum Gasteiger partial charge on any atom is -0.322 e. The molecule has 1 N–H and O–H groups in total. The maximum absolute atomic E-state index is 13.4. The molecule has 3 aromatic carbocycles. The zero-order valence-corrected chi connectivity index (χ0v) is 19.1. The van der Waals surface area contributed by atoms with Gasteiger partial charge >= 0.3 is 0 Å². The van der Waals surface area contributed by atoms with Gasteiger partial charge in [-0.15, -0.1) is 0 Å². The number of aromatic nitrogens is 1. The van der Waals surface area contributed by atoms with Crippen LogP contribution in [-0.2, 0) is 0 Å². The lowest BCUT2D eigenvalue weighted by Gasteiger charge is -2.14. The quantitative estimate of drug-likeness (QED) is 0.354. The summed E-state index contributed by atoms with van der Waals surface area (Å²) < 4.78 is 1.01. The molecule has 4 aromatic rings. The average molecular weight is 459 g/mol. The Hall–Kier alpha value is -2.98. The standard InChI is InChI=1S/C26H23BrN2O/c1-15-5-6-17(3)23(13-15)29-26(30)22-14-24(19-7-9-20(27)10-8-19)28-25-18(4)11-16(2)12-21(22)25/h5-14H,1-4H3,(H,29,30). The first-order valence-corrected chi connectivity index (χ1v) is 10.7. The van der Waals surface area contributed by atoms with Crippen LogP contribution in [0.3, 0.4) is 0 Å². The van der Waals surface area contributed by atoms with Crippen molar-refractivity contribution in [2.75, 3.05) is 5.32 Å². The minimum atomic E-state index is -0.125. The molecule has 0 aliphatic heterocycles. The van der Waals surface area contributed by atoms with Crippen LogP contribution in [0.5, 0.6) is 0 Å². The van der Waals surface area contributed by atoms with Gasteiger partial charge in [0.15, 0.2) is 0 Å². The highest BCUT2D eigenvalue weighted by atomic mass is 79.9. The fourth-order valence-electron chi connectivity index (χ4n) is 3.70. The summed E-state index contributed by atoms with van der Waals surface area (Å²) in [4.78, 5) is 18.3. The first-order valence-electron chi connectivity index (χ1n) is 9.88. The Labute approximate surface area is 185 Å². The van der Waals surface area contributed by atoms with Gasteiger partial charge in [0.2, 0.25) is 0 Å². The van der Waals surface area contributed by atoms with E-state index in [4.69, 9.17) is 4.98 Å². The first-order chi connectivity index (χ1) is 14.3. The Morgan fingerprint density at radius 3 is 2.30 bits per heavy atom. The first kappa shape index (κ1) is 20.3. The van der Waals surface area contributed by atoms with E-state index in [1.165, 1.54) is 0 Å². The van der Waals surface area contributed by atoms with Gasteiger partial charge in [-0.25, -0.2) is 4.98 Å². The molecule has 0 saturated carbocycles. The second-order valence-corrected chi connectivity index (χ2v) is 8.73. The number of halogens is 1. The molecule has 4 rings (SSSR count). The van der Waals surface area contributed by atoms with E-state index in [1.54, 1.807) is 0 Å². The van der Waals surface area contributed by atoms with E-state index in [1.807, 2.05) is 82.3 Å². The number of nitrogens with one attached hydrogen (secondary N) is 1. The summed E-state index contributed by atoms with van der Waals surface area (Å²) >= 11 is 3.48. The van der Waals surface area contributed by atoms with E-state index in [2.05, 4.69) is 27.3 Å². The number of amides is 1. The number of carbonyl (C=O) groups excluding carboxylic acids is 1. The van der Waals surface area contributed by atoms with Crippen molar-refractivity contribution in [3.05, 3.63) is 93.0 Å². The van der Waals surface area contributed by atoms with E-state index >= 15 is 0 Å². The van der Waals surface area contributed by atoms with Gasteiger partial charge < -0.3 is 5.32 Å². The Morgan fingerprint density at radius 1 is 0.833 bits per heavy atom. The number of nitrogens with zero attached hydrogens (tertiary/aromatic N) is 1. The van der Waals surface area contributed by atoms with Crippen LogP contribution in [0.2, 0.25) is 0 Å². The molecule has 4 heteroatoms. The van der Waals surface area contributed by atoms with E-state index in [0.29, 0.717) is 5.56 Å². The van der Waals surface area contributed by atoms with Crippen molar-refractivity contribution in [1.29, 1.82) is 0 Å². The zero-order valence-electron chi connectivity index (χ0n) is 17.5. The second kappa shape index (κ2) is 8.04. The Morgan fingerprint density at radius 2 is 1.57 bits per heavy atom. The highest BCUT2D eigenvalue weighted by Crippen LogP contribution is 2.29. The summed E-state index contributed by atoms with van der Waals surface area (Å²) in [5.74, 6) is -0.125. The van der Waals surface area contributed by atoms with Crippen molar-refractivity contribution in [2.45, 2.75) is 27.7 Å². The molecule has 0 aliphatic carbocycles. The molecule has 0 aliphatic rings. The number of aryl methyl sites for hydroxylation is 4. The molecular formula is C26H23BrN2O. The largest absolute Gasteiger partial charge is 0.322 e. The normalized spacial score (nSPS) is 11.0. The van der Waals surface area contributed by atoms with E-state index in [-0.39, 0.29) is 5.91 Å². The summed E-state index contributed by atoms with van der Waals surface area (Å²) in [6.45, 7) is 8.11. The number of benzene rings is 3. The van der Waals surface area contributed by atoms with E-state index in [0.717, 1.165) is 54.6 Å². The predicted molar refractivity (Wildman–Crippen MR) is 128 cm³/mol. The highest BCUT2D eigenvalue weighted by Gasteiger charge is 2.17. The smallest absolute Gasteiger partial charge is 0.256 e. The third-order valence-electron chi connectivity index (χ3n) is 5.27. The maximum Gasteiger partial charge on any atom is 0.256 e. The molecule has 0 radical (unpaired) electrons. The molecule has 0 saturated heterocycles. The SMILES string of the molecule is Cc1ccc(C)c(NC(=O)c2cc(-c3ccc(Br)cc3)nc3c(C)cc(C)cc23)c1. The third kappa shape index (κ3) is 4.01. The van der Waals surface area contributed by atoms with Crippen LogP contribution in [0.1, 0.15) is 32.6 Å². The van der Waals surface area contributed by atoms with Crippen LogP contribution in [0.4, 0.5) is 5.69 Å². The van der Waals surface area contributed by atoms with Gasteiger partial charge in [0, 0.05) is 21.1 Å².